The van der Waals surface area contributed by atoms with E-state index in [-0.39, 0.29) is 6.79 Å². The molecule has 0 atom stereocenters. The van der Waals surface area contributed by atoms with Crippen molar-refractivity contribution in [2.24, 2.45) is 0 Å². The molecule has 0 saturated heterocycles. The molecule has 0 radical (unpaired) electrons. The summed E-state index contributed by atoms with van der Waals surface area (Å²) in [4.78, 5) is 3.24. The Hall–Kier alpha value is -1.33. The lowest BCUT2D eigenvalue weighted by molar-refractivity contribution is 0.0521. The molecule has 0 amide bonds. The number of hydrogen-bond acceptors (Lipinski definition) is 4. The normalized spacial score (nSPS) is 10.6. The number of methoxy groups -OCH3 is 1. The fraction of sp³-hybridized carbons (Fsp3) is 0.222. The first-order chi connectivity index (χ1) is 6.81. The SMILES string of the molecule is COCOc1cccc2oc(=S)[nH]c12. The summed E-state index contributed by atoms with van der Waals surface area (Å²) >= 11 is 4.88. The van der Waals surface area contributed by atoms with Gasteiger partial charge in [0.05, 0.1) is 0 Å². The molecule has 2 rings (SSSR count). The lowest BCUT2D eigenvalue weighted by atomic mass is 10.3. The highest BCUT2D eigenvalue weighted by molar-refractivity contribution is 7.71. The summed E-state index contributed by atoms with van der Waals surface area (Å²) < 4.78 is 15.4. The zero-order valence-electron chi connectivity index (χ0n) is 7.57. The van der Waals surface area contributed by atoms with Gasteiger partial charge in [0, 0.05) is 7.11 Å². The highest BCUT2D eigenvalue weighted by Gasteiger charge is 2.05. The maximum Gasteiger partial charge on any atom is 0.267 e. The van der Waals surface area contributed by atoms with E-state index in [1.54, 1.807) is 7.11 Å². The first-order valence-electron chi connectivity index (χ1n) is 4.05. The first kappa shape index (κ1) is 9.23. The highest BCUT2D eigenvalue weighted by atomic mass is 32.1. The van der Waals surface area contributed by atoms with Gasteiger partial charge >= 0.3 is 0 Å². The molecule has 5 heteroatoms. The van der Waals surface area contributed by atoms with Crippen LogP contribution in [0.2, 0.25) is 0 Å². The van der Waals surface area contributed by atoms with E-state index in [1.807, 2.05) is 18.2 Å². The van der Waals surface area contributed by atoms with Gasteiger partial charge in [-0.2, -0.15) is 0 Å². The van der Waals surface area contributed by atoms with Crippen molar-refractivity contribution in [2.75, 3.05) is 13.9 Å². The Bertz CT molecular complexity index is 488. The summed E-state index contributed by atoms with van der Waals surface area (Å²) in [6.45, 7) is 0.199. The minimum atomic E-state index is 0.199. The van der Waals surface area contributed by atoms with E-state index in [0.29, 0.717) is 16.2 Å². The molecular formula is C9H9NO3S. The van der Waals surface area contributed by atoms with Crippen molar-refractivity contribution in [3.05, 3.63) is 23.0 Å². The van der Waals surface area contributed by atoms with Gasteiger partial charge < -0.3 is 18.9 Å². The summed E-state index contributed by atoms with van der Waals surface area (Å²) in [5.41, 5.74) is 1.44. The van der Waals surface area contributed by atoms with Crippen LogP contribution < -0.4 is 4.74 Å². The molecule has 1 aromatic heterocycles. The molecule has 74 valence electrons. The Kier molecular flexibility index (Phi) is 2.51. The lowest BCUT2D eigenvalue weighted by Crippen LogP contribution is -1.98. The van der Waals surface area contributed by atoms with Crippen LogP contribution in [0.15, 0.2) is 22.6 Å². The van der Waals surface area contributed by atoms with Gasteiger partial charge in [-0.1, -0.05) is 6.07 Å². The molecule has 4 nitrogen and oxygen atoms in total. The number of ether oxygens (including phenoxy) is 2. The van der Waals surface area contributed by atoms with Crippen LogP contribution in [0.25, 0.3) is 11.1 Å². The number of benzene rings is 1. The number of aromatic amines is 1. The number of oxazole rings is 1. The Labute approximate surface area is 85.4 Å². The lowest BCUT2D eigenvalue weighted by Gasteiger charge is -2.03. The number of hydrogen-bond donors (Lipinski definition) is 1. The third-order valence-electron chi connectivity index (χ3n) is 1.75. The topological polar surface area (TPSA) is 47.4 Å². The van der Waals surface area contributed by atoms with Crippen molar-refractivity contribution >= 4 is 23.3 Å². The van der Waals surface area contributed by atoms with Crippen LogP contribution in [-0.2, 0) is 4.74 Å². The van der Waals surface area contributed by atoms with Crippen molar-refractivity contribution in [1.82, 2.24) is 4.98 Å². The second-order valence-corrected chi connectivity index (χ2v) is 3.07. The predicted molar refractivity (Wildman–Crippen MR) is 53.9 cm³/mol. The zero-order valence-corrected chi connectivity index (χ0v) is 8.39. The van der Waals surface area contributed by atoms with E-state index in [1.165, 1.54) is 0 Å². The smallest absolute Gasteiger partial charge is 0.267 e. The van der Waals surface area contributed by atoms with Gasteiger partial charge in [-0.05, 0) is 24.4 Å². The van der Waals surface area contributed by atoms with Crippen LogP contribution in [-0.4, -0.2) is 18.9 Å². The molecule has 1 N–H and O–H groups in total. The van der Waals surface area contributed by atoms with Crippen LogP contribution in [0, 0.1) is 4.84 Å². The molecule has 0 bridgehead atoms. The quantitative estimate of drug-likeness (QED) is 0.625. The molecule has 1 heterocycles. The second-order valence-electron chi connectivity index (χ2n) is 2.69. The van der Waals surface area contributed by atoms with Crippen LogP contribution in [0.1, 0.15) is 0 Å². The van der Waals surface area contributed by atoms with Crippen molar-refractivity contribution in [3.63, 3.8) is 0 Å². The minimum absolute atomic E-state index is 0.199. The summed E-state index contributed by atoms with van der Waals surface area (Å²) in [5.74, 6) is 0.671. The maximum absolute atomic E-state index is 5.32. The van der Waals surface area contributed by atoms with Gasteiger partial charge in [0.1, 0.15) is 11.3 Å². The Balaban J connectivity index is 2.47. The van der Waals surface area contributed by atoms with Gasteiger partial charge in [-0.3, -0.25) is 0 Å². The Morgan fingerprint density at radius 1 is 1.50 bits per heavy atom. The summed E-state index contributed by atoms with van der Waals surface area (Å²) in [6.07, 6.45) is 0. The number of rotatable bonds is 3. The van der Waals surface area contributed by atoms with Gasteiger partial charge in [0.15, 0.2) is 12.4 Å². The fourth-order valence-electron chi connectivity index (χ4n) is 1.19. The zero-order chi connectivity index (χ0) is 9.97. The van der Waals surface area contributed by atoms with Gasteiger partial charge in [-0.25, -0.2) is 0 Å². The van der Waals surface area contributed by atoms with Crippen molar-refractivity contribution < 1.29 is 13.9 Å². The molecular weight excluding hydrogens is 202 g/mol. The molecule has 2 aromatic rings. The van der Waals surface area contributed by atoms with Crippen LogP contribution in [0.4, 0.5) is 0 Å². The van der Waals surface area contributed by atoms with Gasteiger partial charge in [0.25, 0.3) is 4.84 Å². The molecule has 0 saturated carbocycles. The van der Waals surface area contributed by atoms with E-state index in [9.17, 15) is 0 Å². The Morgan fingerprint density at radius 2 is 2.36 bits per heavy atom. The van der Waals surface area contributed by atoms with Crippen molar-refractivity contribution in [2.45, 2.75) is 0 Å². The molecule has 0 spiro atoms. The van der Waals surface area contributed by atoms with E-state index in [4.69, 9.17) is 26.1 Å². The molecule has 14 heavy (non-hydrogen) atoms. The first-order valence-corrected chi connectivity index (χ1v) is 4.45. The number of para-hydroxylation sites is 1. The summed E-state index contributed by atoms with van der Waals surface area (Å²) in [7, 11) is 1.57. The van der Waals surface area contributed by atoms with Crippen molar-refractivity contribution in [3.8, 4) is 5.75 Å². The second kappa shape index (κ2) is 3.81. The highest BCUT2D eigenvalue weighted by Crippen LogP contribution is 2.24. The predicted octanol–water partition coefficient (Wildman–Crippen LogP) is 2.47. The van der Waals surface area contributed by atoms with Crippen LogP contribution in [0.5, 0.6) is 5.75 Å². The molecule has 0 unspecified atom stereocenters. The molecule has 0 aliphatic rings. The monoisotopic (exact) mass is 211 g/mol. The van der Waals surface area contributed by atoms with Gasteiger partial charge in [-0.15, -0.1) is 0 Å². The van der Waals surface area contributed by atoms with Crippen LogP contribution >= 0.6 is 12.2 Å². The number of nitrogens with one attached hydrogen (secondary N) is 1. The summed E-state index contributed by atoms with van der Waals surface area (Å²) in [6, 6.07) is 5.48. The van der Waals surface area contributed by atoms with E-state index in [2.05, 4.69) is 4.98 Å². The van der Waals surface area contributed by atoms with E-state index >= 15 is 0 Å². The molecule has 0 fully saturated rings. The average molecular weight is 211 g/mol. The average Bonchev–Trinajstić information content (AvgIpc) is 2.55. The van der Waals surface area contributed by atoms with Crippen LogP contribution in [0.3, 0.4) is 0 Å². The molecule has 0 aliphatic carbocycles. The summed E-state index contributed by atoms with van der Waals surface area (Å²) in [5, 5.41) is 0. The minimum Gasteiger partial charge on any atom is -0.465 e. The maximum atomic E-state index is 5.32. The number of aromatic nitrogens is 1. The largest absolute Gasteiger partial charge is 0.465 e. The van der Waals surface area contributed by atoms with Gasteiger partial charge in [0.2, 0.25) is 0 Å². The third kappa shape index (κ3) is 1.64. The number of fused-ring (bicyclic) bond motifs is 1. The third-order valence-corrected chi connectivity index (χ3v) is 1.94. The van der Waals surface area contributed by atoms with E-state index in [0.717, 1.165) is 5.52 Å². The number of H-pyrrole nitrogens is 1. The van der Waals surface area contributed by atoms with E-state index < -0.39 is 0 Å². The molecule has 1 aromatic carbocycles. The molecule has 0 aliphatic heterocycles. The van der Waals surface area contributed by atoms with Crippen molar-refractivity contribution in [1.29, 1.82) is 0 Å². The standard InChI is InChI=1S/C9H9NO3S/c1-11-5-12-6-3-2-4-7-8(6)10-9(14)13-7/h2-4H,5H2,1H3,(H,10,14). The fourth-order valence-corrected chi connectivity index (χ4v) is 1.38. The Morgan fingerprint density at radius 3 is 3.14 bits per heavy atom.